The van der Waals surface area contributed by atoms with Gasteiger partial charge in [-0.3, -0.25) is 4.79 Å². The van der Waals surface area contributed by atoms with Crippen LogP contribution in [-0.2, 0) is 14.3 Å². The number of esters is 1. The smallest absolute Gasteiger partial charge is 0.339 e. The first-order valence-corrected chi connectivity index (χ1v) is 7.95. The molecular weight excluding hydrogens is 322 g/mol. The SMILES string of the molecule is COC(=O)c1ccccc1N/C=C(/C#N)C(=O)N1CC(C)OC(C)C1. The third-order valence-electron chi connectivity index (χ3n) is 3.76. The van der Waals surface area contributed by atoms with Crippen LogP contribution in [0.1, 0.15) is 24.2 Å². The highest BCUT2D eigenvalue weighted by atomic mass is 16.5. The average Bonchev–Trinajstić information content (AvgIpc) is 2.60. The van der Waals surface area contributed by atoms with Crippen molar-refractivity contribution in [3.8, 4) is 6.07 Å². The van der Waals surface area contributed by atoms with E-state index in [-0.39, 0.29) is 23.7 Å². The Morgan fingerprint density at radius 3 is 2.56 bits per heavy atom. The number of amides is 1. The number of hydrogen-bond donors (Lipinski definition) is 1. The highest BCUT2D eigenvalue weighted by Gasteiger charge is 2.27. The molecule has 1 fully saturated rings. The van der Waals surface area contributed by atoms with Crippen LogP contribution >= 0.6 is 0 Å². The fraction of sp³-hybridized carbons (Fsp3) is 0.389. The maximum atomic E-state index is 12.6. The van der Waals surface area contributed by atoms with Crippen LogP contribution in [0.25, 0.3) is 0 Å². The van der Waals surface area contributed by atoms with Crippen molar-refractivity contribution in [3.05, 3.63) is 41.6 Å². The third-order valence-corrected chi connectivity index (χ3v) is 3.76. The summed E-state index contributed by atoms with van der Waals surface area (Å²) < 4.78 is 10.3. The Balaban J connectivity index is 2.17. The molecule has 1 aliphatic rings. The lowest BCUT2D eigenvalue weighted by Crippen LogP contribution is -2.48. The highest BCUT2D eigenvalue weighted by molar-refractivity contribution is 5.99. The third kappa shape index (κ3) is 4.58. The Hall–Kier alpha value is -2.85. The Morgan fingerprint density at radius 2 is 1.96 bits per heavy atom. The predicted molar refractivity (Wildman–Crippen MR) is 91.7 cm³/mol. The Labute approximate surface area is 146 Å². The molecule has 1 N–H and O–H groups in total. The molecule has 1 heterocycles. The number of ether oxygens (including phenoxy) is 2. The van der Waals surface area contributed by atoms with Gasteiger partial charge in [0.2, 0.25) is 0 Å². The van der Waals surface area contributed by atoms with Gasteiger partial charge in [0, 0.05) is 19.3 Å². The number of carbonyl (C=O) groups is 2. The summed E-state index contributed by atoms with van der Waals surface area (Å²) in [4.78, 5) is 25.9. The van der Waals surface area contributed by atoms with Crippen molar-refractivity contribution in [2.75, 3.05) is 25.5 Å². The van der Waals surface area contributed by atoms with Crippen molar-refractivity contribution in [2.24, 2.45) is 0 Å². The molecule has 0 bridgehead atoms. The van der Waals surface area contributed by atoms with E-state index < -0.39 is 5.97 Å². The summed E-state index contributed by atoms with van der Waals surface area (Å²) in [6.07, 6.45) is 1.15. The van der Waals surface area contributed by atoms with E-state index in [1.807, 2.05) is 19.9 Å². The summed E-state index contributed by atoms with van der Waals surface area (Å²) in [6.45, 7) is 4.63. The molecular formula is C18H21N3O4. The monoisotopic (exact) mass is 343 g/mol. The van der Waals surface area contributed by atoms with Crippen LogP contribution < -0.4 is 5.32 Å². The van der Waals surface area contributed by atoms with Crippen LogP contribution in [-0.4, -0.2) is 49.2 Å². The fourth-order valence-corrected chi connectivity index (χ4v) is 2.70. The minimum absolute atomic E-state index is 0.0408. The maximum Gasteiger partial charge on any atom is 0.339 e. The summed E-state index contributed by atoms with van der Waals surface area (Å²) in [5.74, 6) is -0.871. The minimum atomic E-state index is -0.503. The van der Waals surface area contributed by atoms with E-state index in [1.165, 1.54) is 13.3 Å². The zero-order valence-corrected chi connectivity index (χ0v) is 14.5. The molecule has 2 atom stereocenters. The molecule has 1 aliphatic heterocycles. The lowest BCUT2D eigenvalue weighted by molar-refractivity contribution is -0.138. The highest BCUT2D eigenvalue weighted by Crippen LogP contribution is 2.17. The lowest BCUT2D eigenvalue weighted by Gasteiger charge is -2.35. The molecule has 0 aromatic heterocycles. The van der Waals surface area contributed by atoms with Crippen molar-refractivity contribution in [1.29, 1.82) is 5.26 Å². The number of rotatable bonds is 4. The molecule has 2 rings (SSSR count). The van der Waals surface area contributed by atoms with Crippen LogP contribution in [0.5, 0.6) is 0 Å². The molecule has 7 nitrogen and oxygen atoms in total. The van der Waals surface area contributed by atoms with Gasteiger partial charge in [0.15, 0.2) is 0 Å². The number of nitriles is 1. The molecule has 0 spiro atoms. The standard InChI is InChI=1S/C18H21N3O4/c1-12-10-21(11-13(2)25-12)17(22)14(8-19)9-20-16-7-5-4-6-15(16)18(23)24-3/h4-7,9,12-13,20H,10-11H2,1-3H3/b14-9-. The van der Waals surface area contributed by atoms with E-state index in [9.17, 15) is 14.9 Å². The number of methoxy groups -OCH3 is 1. The average molecular weight is 343 g/mol. The van der Waals surface area contributed by atoms with E-state index in [1.54, 1.807) is 29.2 Å². The fourth-order valence-electron chi connectivity index (χ4n) is 2.70. The van der Waals surface area contributed by atoms with Crippen molar-refractivity contribution in [2.45, 2.75) is 26.1 Å². The van der Waals surface area contributed by atoms with Crippen molar-refractivity contribution in [1.82, 2.24) is 4.90 Å². The summed E-state index contributed by atoms with van der Waals surface area (Å²) in [5.41, 5.74) is 0.735. The minimum Gasteiger partial charge on any atom is -0.465 e. The van der Waals surface area contributed by atoms with E-state index in [4.69, 9.17) is 9.47 Å². The molecule has 1 aromatic rings. The molecule has 7 heteroatoms. The van der Waals surface area contributed by atoms with Gasteiger partial charge >= 0.3 is 5.97 Å². The molecule has 1 saturated heterocycles. The first-order valence-electron chi connectivity index (χ1n) is 7.95. The Morgan fingerprint density at radius 1 is 1.32 bits per heavy atom. The molecule has 2 unspecified atom stereocenters. The van der Waals surface area contributed by atoms with E-state index >= 15 is 0 Å². The van der Waals surface area contributed by atoms with Gasteiger partial charge in [0.1, 0.15) is 11.6 Å². The molecule has 1 amide bonds. The quantitative estimate of drug-likeness (QED) is 0.510. The molecule has 132 valence electrons. The van der Waals surface area contributed by atoms with Gasteiger partial charge < -0.3 is 19.7 Å². The van der Waals surface area contributed by atoms with Gasteiger partial charge in [-0.1, -0.05) is 12.1 Å². The summed E-state index contributed by atoms with van der Waals surface area (Å²) in [5, 5.41) is 12.2. The van der Waals surface area contributed by atoms with Gasteiger partial charge in [-0.25, -0.2) is 4.79 Å². The first-order chi connectivity index (χ1) is 12.0. The van der Waals surface area contributed by atoms with Gasteiger partial charge in [-0.15, -0.1) is 0 Å². The molecule has 0 saturated carbocycles. The second-order valence-electron chi connectivity index (χ2n) is 5.82. The molecule has 0 radical (unpaired) electrons. The van der Waals surface area contributed by atoms with Gasteiger partial charge in [-0.05, 0) is 26.0 Å². The number of hydrogen-bond acceptors (Lipinski definition) is 6. The first kappa shape index (κ1) is 18.5. The number of nitrogens with one attached hydrogen (secondary N) is 1. The summed E-state index contributed by atoms with van der Waals surface area (Å²) in [7, 11) is 1.29. The summed E-state index contributed by atoms with van der Waals surface area (Å²) in [6, 6.07) is 8.62. The number of carbonyl (C=O) groups excluding carboxylic acids is 2. The Kier molecular flexibility index (Phi) is 6.14. The van der Waals surface area contributed by atoms with Crippen LogP contribution in [0, 0.1) is 11.3 Å². The largest absolute Gasteiger partial charge is 0.465 e. The second kappa shape index (κ2) is 8.31. The van der Waals surface area contributed by atoms with Gasteiger partial charge in [0.05, 0.1) is 30.6 Å². The topological polar surface area (TPSA) is 91.7 Å². The van der Waals surface area contributed by atoms with E-state index in [2.05, 4.69) is 5.32 Å². The molecule has 25 heavy (non-hydrogen) atoms. The number of benzene rings is 1. The van der Waals surface area contributed by atoms with E-state index in [0.717, 1.165) is 0 Å². The molecule has 1 aromatic carbocycles. The Bertz CT molecular complexity index is 713. The van der Waals surface area contributed by atoms with Crippen molar-refractivity contribution >= 4 is 17.6 Å². The normalized spacial score (nSPS) is 20.6. The zero-order chi connectivity index (χ0) is 18.4. The second-order valence-corrected chi connectivity index (χ2v) is 5.82. The predicted octanol–water partition coefficient (Wildman–Crippen LogP) is 1.93. The van der Waals surface area contributed by atoms with Gasteiger partial charge in [0.25, 0.3) is 5.91 Å². The summed E-state index contributed by atoms with van der Waals surface area (Å²) >= 11 is 0. The number of anilines is 1. The zero-order valence-electron chi connectivity index (χ0n) is 14.5. The van der Waals surface area contributed by atoms with Crippen molar-refractivity contribution < 1.29 is 19.1 Å². The van der Waals surface area contributed by atoms with E-state index in [0.29, 0.717) is 24.3 Å². The van der Waals surface area contributed by atoms with Crippen LogP contribution in [0.4, 0.5) is 5.69 Å². The van der Waals surface area contributed by atoms with Crippen LogP contribution in [0.2, 0.25) is 0 Å². The van der Waals surface area contributed by atoms with Crippen LogP contribution in [0.3, 0.4) is 0 Å². The number of para-hydroxylation sites is 1. The van der Waals surface area contributed by atoms with Crippen LogP contribution in [0.15, 0.2) is 36.0 Å². The maximum absolute atomic E-state index is 12.6. The van der Waals surface area contributed by atoms with Crippen molar-refractivity contribution in [3.63, 3.8) is 0 Å². The number of nitrogens with zero attached hydrogens (tertiary/aromatic N) is 2. The number of morpholine rings is 1. The molecule has 0 aliphatic carbocycles. The van der Waals surface area contributed by atoms with Gasteiger partial charge in [-0.2, -0.15) is 5.26 Å². The lowest BCUT2D eigenvalue weighted by atomic mass is 10.1.